The molecule has 102 valence electrons. The molecule has 7 heteroatoms. The number of rotatable bonds is 5. The van der Waals surface area contributed by atoms with Gasteiger partial charge in [0.05, 0.1) is 5.25 Å². The minimum absolute atomic E-state index is 0.0173. The van der Waals surface area contributed by atoms with Crippen LogP contribution in [0.1, 0.15) is 19.8 Å². The highest BCUT2D eigenvalue weighted by molar-refractivity contribution is 8.14. The Kier molecular flexibility index (Phi) is 6.14. The zero-order valence-electron chi connectivity index (χ0n) is 10.2. The van der Waals surface area contributed by atoms with Crippen LogP contribution in [0.4, 0.5) is 0 Å². The van der Waals surface area contributed by atoms with Crippen LogP contribution in [0.15, 0.2) is 0 Å². The molecule has 0 aromatic carbocycles. The number of nitrogens with one attached hydrogen (secondary N) is 1. The van der Waals surface area contributed by atoms with Crippen molar-refractivity contribution in [3.63, 3.8) is 0 Å². The van der Waals surface area contributed by atoms with Crippen molar-refractivity contribution >= 4 is 28.8 Å². The summed E-state index contributed by atoms with van der Waals surface area (Å²) in [7, 11) is 0. The minimum Gasteiger partial charge on any atom is -0.480 e. The average molecular weight is 275 g/mol. The maximum absolute atomic E-state index is 11.9. The summed E-state index contributed by atoms with van der Waals surface area (Å²) in [4.78, 5) is 33.6. The topological polar surface area (TPSA) is 92.7 Å². The molecule has 1 amide bonds. The first kappa shape index (κ1) is 15.0. The van der Waals surface area contributed by atoms with Crippen LogP contribution in [0.25, 0.3) is 0 Å². The smallest absolute Gasteiger partial charge is 0.322 e. The lowest BCUT2D eigenvalue weighted by atomic mass is 10.0. The van der Waals surface area contributed by atoms with Gasteiger partial charge in [-0.1, -0.05) is 11.8 Å². The van der Waals surface area contributed by atoms with Crippen LogP contribution in [-0.2, 0) is 19.1 Å². The van der Waals surface area contributed by atoms with Crippen molar-refractivity contribution in [2.24, 2.45) is 5.92 Å². The molecule has 1 aliphatic heterocycles. The Morgan fingerprint density at radius 2 is 2.00 bits per heavy atom. The predicted octanol–water partition coefficient (Wildman–Crippen LogP) is 0.262. The molecule has 0 saturated carbocycles. The maximum atomic E-state index is 11.9. The molecular weight excluding hydrogens is 258 g/mol. The van der Waals surface area contributed by atoms with Crippen LogP contribution in [0.2, 0.25) is 0 Å². The van der Waals surface area contributed by atoms with E-state index in [1.54, 1.807) is 6.92 Å². The first-order valence-corrected chi connectivity index (χ1v) is 6.66. The van der Waals surface area contributed by atoms with Gasteiger partial charge in [0.1, 0.15) is 6.54 Å². The molecule has 1 heterocycles. The van der Waals surface area contributed by atoms with Crippen LogP contribution in [0.3, 0.4) is 0 Å². The van der Waals surface area contributed by atoms with Gasteiger partial charge in [0, 0.05) is 19.1 Å². The fraction of sp³-hybridized carbons (Fsp3) is 0.727. The second kappa shape index (κ2) is 7.38. The highest BCUT2D eigenvalue weighted by Gasteiger charge is 2.26. The van der Waals surface area contributed by atoms with Crippen LogP contribution < -0.4 is 5.32 Å². The number of carbonyl (C=O) groups excluding carboxylic acids is 2. The summed E-state index contributed by atoms with van der Waals surface area (Å²) in [6.45, 7) is 2.33. The van der Waals surface area contributed by atoms with Crippen molar-refractivity contribution in [1.82, 2.24) is 5.32 Å². The lowest BCUT2D eigenvalue weighted by Crippen LogP contribution is -2.36. The molecular formula is C11H17NO5S. The van der Waals surface area contributed by atoms with Gasteiger partial charge in [0.2, 0.25) is 5.91 Å². The Morgan fingerprint density at radius 3 is 2.56 bits per heavy atom. The van der Waals surface area contributed by atoms with E-state index < -0.39 is 23.7 Å². The highest BCUT2D eigenvalue weighted by Crippen LogP contribution is 2.24. The van der Waals surface area contributed by atoms with Crippen molar-refractivity contribution in [2.75, 3.05) is 19.8 Å². The monoisotopic (exact) mass is 275 g/mol. The summed E-state index contributed by atoms with van der Waals surface area (Å²) in [5.74, 6) is -1.59. The summed E-state index contributed by atoms with van der Waals surface area (Å²) in [6.07, 6.45) is 1.38. The van der Waals surface area contributed by atoms with Crippen molar-refractivity contribution < 1.29 is 24.2 Å². The largest absolute Gasteiger partial charge is 0.480 e. The number of ether oxygens (including phenoxy) is 1. The van der Waals surface area contributed by atoms with Gasteiger partial charge in [-0.15, -0.1) is 0 Å². The molecule has 2 N–H and O–H groups in total. The van der Waals surface area contributed by atoms with Gasteiger partial charge in [-0.3, -0.25) is 14.4 Å². The number of hydrogen-bond donors (Lipinski definition) is 2. The van der Waals surface area contributed by atoms with E-state index in [-0.39, 0.29) is 11.0 Å². The number of thioether (sulfide) groups is 1. The SMILES string of the molecule is CC(SC(=O)C1CCOCC1)C(=O)NCC(=O)O. The minimum atomic E-state index is -1.10. The summed E-state index contributed by atoms with van der Waals surface area (Å²) < 4.78 is 5.16. The van der Waals surface area contributed by atoms with Crippen molar-refractivity contribution in [1.29, 1.82) is 0 Å². The van der Waals surface area contributed by atoms with Gasteiger partial charge in [-0.25, -0.2) is 0 Å². The lowest BCUT2D eigenvalue weighted by Gasteiger charge is -2.21. The molecule has 0 radical (unpaired) electrons. The van der Waals surface area contributed by atoms with Gasteiger partial charge in [-0.05, 0) is 19.8 Å². The summed E-state index contributed by atoms with van der Waals surface area (Å²) >= 11 is 0.966. The molecule has 0 aliphatic carbocycles. The number of amides is 1. The number of carboxylic acids is 1. The van der Waals surface area contributed by atoms with Crippen molar-refractivity contribution in [3.8, 4) is 0 Å². The molecule has 1 unspecified atom stereocenters. The van der Waals surface area contributed by atoms with E-state index in [1.807, 2.05) is 0 Å². The molecule has 0 aromatic heterocycles. The first-order chi connectivity index (χ1) is 8.50. The quantitative estimate of drug-likeness (QED) is 0.748. The highest BCUT2D eigenvalue weighted by atomic mass is 32.2. The third kappa shape index (κ3) is 5.05. The molecule has 1 atom stereocenters. The molecule has 1 saturated heterocycles. The summed E-state index contributed by atoms with van der Waals surface area (Å²) in [5, 5.41) is 10.1. The van der Waals surface area contributed by atoms with Crippen LogP contribution in [-0.4, -0.2) is 47.1 Å². The van der Waals surface area contributed by atoms with E-state index in [9.17, 15) is 14.4 Å². The summed E-state index contributed by atoms with van der Waals surface area (Å²) in [6, 6.07) is 0. The van der Waals surface area contributed by atoms with E-state index in [0.29, 0.717) is 26.1 Å². The van der Waals surface area contributed by atoms with Gasteiger partial charge >= 0.3 is 5.97 Å². The van der Waals surface area contributed by atoms with E-state index in [1.165, 1.54) is 0 Å². The standard InChI is InChI=1S/C11H17NO5S/c1-7(10(15)12-6-9(13)14)18-11(16)8-2-4-17-5-3-8/h7-8H,2-6H2,1H3,(H,12,15)(H,13,14). The number of hydrogen-bond acceptors (Lipinski definition) is 5. The lowest BCUT2D eigenvalue weighted by molar-refractivity contribution is -0.137. The second-order valence-electron chi connectivity index (χ2n) is 4.08. The number of carboxylic acid groups (broad SMARTS) is 1. The van der Waals surface area contributed by atoms with Crippen molar-refractivity contribution in [2.45, 2.75) is 25.0 Å². The molecule has 1 rings (SSSR count). The third-order valence-electron chi connectivity index (χ3n) is 2.63. The number of carbonyl (C=O) groups is 3. The molecule has 0 spiro atoms. The Balaban J connectivity index is 2.33. The molecule has 1 aliphatic rings. The Labute approximate surface area is 109 Å². The van der Waals surface area contributed by atoms with Crippen LogP contribution >= 0.6 is 11.8 Å². The van der Waals surface area contributed by atoms with E-state index >= 15 is 0 Å². The van der Waals surface area contributed by atoms with E-state index in [4.69, 9.17) is 9.84 Å². The van der Waals surface area contributed by atoms with Crippen LogP contribution in [0, 0.1) is 5.92 Å². The summed E-state index contributed by atoms with van der Waals surface area (Å²) in [5.41, 5.74) is 0. The van der Waals surface area contributed by atoms with Crippen molar-refractivity contribution in [3.05, 3.63) is 0 Å². The molecule has 18 heavy (non-hydrogen) atoms. The average Bonchev–Trinajstić information content (AvgIpc) is 2.36. The van der Waals surface area contributed by atoms with Gasteiger partial charge in [-0.2, -0.15) is 0 Å². The van der Waals surface area contributed by atoms with Gasteiger partial charge < -0.3 is 15.2 Å². The molecule has 0 aromatic rings. The zero-order chi connectivity index (χ0) is 13.5. The molecule has 6 nitrogen and oxygen atoms in total. The van der Waals surface area contributed by atoms with E-state index in [2.05, 4.69) is 5.32 Å². The fourth-order valence-electron chi connectivity index (χ4n) is 1.56. The van der Waals surface area contributed by atoms with E-state index in [0.717, 1.165) is 11.8 Å². The maximum Gasteiger partial charge on any atom is 0.322 e. The number of aliphatic carboxylic acids is 1. The predicted molar refractivity (Wildman–Crippen MR) is 66.2 cm³/mol. The normalized spacial score (nSPS) is 18.1. The fourth-order valence-corrected chi connectivity index (χ4v) is 2.53. The third-order valence-corrected chi connectivity index (χ3v) is 3.76. The van der Waals surface area contributed by atoms with Gasteiger partial charge in [0.15, 0.2) is 5.12 Å². The Bertz CT molecular complexity index is 327. The Hall–Kier alpha value is -1.08. The van der Waals surface area contributed by atoms with Crippen LogP contribution in [0.5, 0.6) is 0 Å². The first-order valence-electron chi connectivity index (χ1n) is 5.78. The Morgan fingerprint density at radius 1 is 1.39 bits per heavy atom. The second-order valence-corrected chi connectivity index (χ2v) is 5.42. The van der Waals surface area contributed by atoms with Gasteiger partial charge in [0.25, 0.3) is 0 Å². The zero-order valence-corrected chi connectivity index (χ0v) is 11.0. The molecule has 1 fully saturated rings. The molecule has 0 bridgehead atoms.